The Morgan fingerprint density at radius 3 is 2.03 bits per heavy atom. The van der Waals surface area contributed by atoms with Crippen molar-refractivity contribution in [2.45, 2.75) is 24.7 Å². The van der Waals surface area contributed by atoms with E-state index in [1.165, 1.54) is 12.1 Å². The molecule has 35 heavy (non-hydrogen) atoms. The largest absolute Gasteiger partial charge is 0.497 e. The summed E-state index contributed by atoms with van der Waals surface area (Å²) in [6, 6.07) is 21.4. The zero-order valence-electron chi connectivity index (χ0n) is 20.0. The van der Waals surface area contributed by atoms with E-state index in [1.54, 1.807) is 31.4 Å². The summed E-state index contributed by atoms with van der Waals surface area (Å²) in [6.45, 7) is 4.64. The van der Waals surface area contributed by atoms with Gasteiger partial charge >= 0.3 is 10.1 Å². The number of carbonyl (C=O) groups excluding carboxylic acids is 1. The molecule has 1 heterocycles. The van der Waals surface area contributed by atoms with Gasteiger partial charge < -0.3 is 18.7 Å². The highest BCUT2D eigenvalue weighted by atomic mass is 32.2. The van der Waals surface area contributed by atoms with Crippen molar-refractivity contribution in [3.63, 3.8) is 0 Å². The Morgan fingerprint density at radius 2 is 1.43 bits per heavy atom. The Morgan fingerprint density at radius 1 is 0.829 bits per heavy atom. The summed E-state index contributed by atoms with van der Waals surface area (Å²) in [5.74, 6) is 1.23. The number of nitrogens with zero attached hydrogens (tertiary/aromatic N) is 2. The summed E-state index contributed by atoms with van der Waals surface area (Å²) in [7, 11) is -2.24. The molecule has 0 atom stereocenters. The molecule has 1 fully saturated rings. The lowest BCUT2D eigenvalue weighted by atomic mass is 10.1. The molecule has 0 N–H and O–H groups in total. The highest BCUT2D eigenvalue weighted by molar-refractivity contribution is 7.87. The second-order valence-corrected chi connectivity index (χ2v) is 10.1. The van der Waals surface area contributed by atoms with Gasteiger partial charge in [0.15, 0.2) is 0 Å². The molecule has 0 unspecified atom stereocenters. The number of methoxy groups -OCH3 is 1. The van der Waals surface area contributed by atoms with Crippen molar-refractivity contribution in [2.75, 3.05) is 38.2 Å². The molecular formula is C27H30N2O5S. The average molecular weight is 495 g/mol. The van der Waals surface area contributed by atoms with Gasteiger partial charge in [0.05, 0.1) is 7.11 Å². The highest BCUT2D eigenvalue weighted by Gasteiger charge is 2.22. The van der Waals surface area contributed by atoms with Gasteiger partial charge in [-0.05, 0) is 67.4 Å². The fourth-order valence-corrected chi connectivity index (χ4v) is 4.94. The predicted molar refractivity (Wildman–Crippen MR) is 136 cm³/mol. The second-order valence-electron chi connectivity index (χ2n) is 8.56. The van der Waals surface area contributed by atoms with E-state index in [9.17, 15) is 13.2 Å². The minimum absolute atomic E-state index is 0.125. The first kappa shape index (κ1) is 24.6. The van der Waals surface area contributed by atoms with Crippen LogP contribution in [0.25, 0.3) is 0 Å². The van der Waals surface area contributed by atoms with Crippen LogP contribution in [0.3, 0.4) is 0 Å². The van der Waals surface area contributed by atoms with E-state index in [0.29, 0.717) is 25.9 Å². The summed E-state index contributed by atoms with van der Waals surface area (Å²) < 4.78 is 35.5. The van der Waals surface area contributed by atoms with Gasteiger partial charge in [-0.3, -0.25) is 4.79 Å². The number of amides is 1. The summed E-state index contributed by atoms with van der Waals surface area (Å²) in [5, 5.41) is 0. The molecule has 1 aliphatic heterocycles. The number of hydrogen-bond acceptors (Lipinski definition) is 6. The van der Waals surface area contributed by atoms with Crippen molar-refractivity contribution in [3.8, 4) is 11.5 Å². The molecular weight excluding hydrogens is 464 g/mol. The van der Waals surface area contributed by atoms with Crippen LogP contribution in [-0.2, 0) is 21.3 Å². The van der Waals surface area contributed by atoms with Crippen LogP contribution >= 0.6 is 0 Å². The first-order chi connectivity index (χ1) is 16.8. The molecule has 0 aromatic heterocycles. The highest BCUT2D eigenvalue weighted by Crippen LogP contribution is 2.24. The molecule has 0 spiro atoms. The molecule has 0 aliphatic carbocycles. The standard InChI is InChI=1S/C27H30N2O5S/c1-21-3-14-26(15-4-21)35(31,32)34-25-12-8-23(9-13-25)28-17-19-29(20-18-28)27(30)16-7-22-5-10-24(33-2)11-6-22/h3-6,8-15H,7,16-20H2,1-2H3. The minimum atomic E-state index is -3.88. The Labute approximate surface area is 207 Å². The predicted octanol–water partition coefficient (Wildman–Crippen LogP) is 4.05. The fourth-order valence-electron chi connectivity index (χ4n) is 4.01. The average Bonchev–Trinajstić information content (AvgIpc) is 2.88. The number of aryl methyl sites for hydroxylation is 2. The van der Waals surface area contributed by atoms with E-state index in [2.05, 4.69) is 4.90 Å². The number of hydrogen-bond donors (Lipinski definition) is 0. The van der Waals surface area contributed by atoms with Gasteiger partial charge in [0.25, 0.3) is 0 Å². The van der Waals surface area contributed by atoms with Crippen molar-refractivity contribution in [1.29, 1.82) is 0 Å². The van der Waals surface area contributed by atoms with E-state index >= 15 is 0 Å². The van der Waals surface area contributed by atoms with Crippen molar-refractivity contribution < 1.29 is 22.1 Å². The third-order valence-electron chi connectivity index (χ3n) is 6.14. The topological polar surface area (TPSA) is 76.2 Å². The molecule has 1 saturated heterocycles. The van der Waals surface area contributed by atoms with Crippen LogP contribution < -0.4 is 13.8 Å². The maximum absolute atomic E-state index is 12.7. The molecule has 7 nitrogen and oxygen atoms in total. The molecule has 8 heteroatoms. The van der Waals surface area contributed by atoms with Gasteiger partial charge in [-0.1, -0.05) is 29.8 Å². The first-order valence-corrected chi connectivity index (χ1v) is 13.0. The summed E-state index contributed by atoms with van der Waals surface area (Å²) in [6.07, 6.45) is 1.18. The van der Waals surface area contributed by atoms with Crippen LogP contribution in [0.4, 0.5) is 5.69 Å². The van der Waals surface area contributed by atoms with E-state index in [4.69, 9.17) is 8.92 Å². The third kappa shape index (κ3) is 6.33. The number of ether oxygens (including phenoxy) is 1. The van der Waals surface area contributed by atoms with E-state index in [0.717, 1.165) is 35.7 Å². The lowest BCUT2D eigenvalue weighted by molar-refractivity contribution is -0.131. The molecule has 184 valence electrons. The second kappa shape index (κ2) is 10.8. The van der Waals surface area contributed by atoms with Gasteiger partial charge in [0, 0.05) is 38.3 Å². The van der Waals surface area contributed by atoms with E-state index in [-0.39, 0.29) is 16.6 Å². The zero-order valence-corrected chi connectivity index (χ0v) is 20.8. The summed E-state index contributed by atoms with van der Waals surface area (Å²) in [5.41, 5.74) is 3.06. The van der Waals surface area contributed by atoms with Crippen LogP contribution in [0.5, 0.6) is 11.5 Å². The third-order valence-corrected chi connectivity index (χ3v) is 7.40. The normalized spacial score (nSPS) is 14.0. The monoisotopic (exact) mass is 494 g/mol. The molecule has 1 aliphatic rings. The molecule has 0 saturated carbocycles. The molecule has 1 amide bonds. The quantitative estimate of drug-likeness (QED) is 0.440. The molecule has 3 aromatic rings. The summed E-state index contributed by atoms with van der Waals surface area (Å²) >= 11 is 0. The Kier molecular flexibility index (Phi) is 7.60. The number of benzene rings is 3. The van der Waals surface area contributed by atoms with Crippen molar-refractivity contribution in [2.24, 2.45) is 0 Å². The lowest BCUT2D eigenvalue weighted by Crippen LogP contribution is -2.48. The number of carbonyl (C=O) groups is 1. The van der Waals surface area contributed by atoms with Gasteiger partial charge in [0.1, 0.15) is 16.4 Å². The summed E-state index contributed by atoms with van der Waals surface area (Å²) in [4.78, 5) is 16.9. The van der Waals surface area contributed by atoms with E-state index in [1.807, 2.05) is 48.2 Å². The van der Waals surface area contributed by atoms with Crippen LogP contribution in [0, 0.1) is 6.92 Å². The number of piperazine rings is 1. The van der Waals surface area contributed by atoms with Crippen LogP contribution in [-0.4, -0.2) is 52.5 Å². The Bertz CT molecular complexity index is 1230. The molecule has 0 radical (unpaired) electrons. The van der Waals surface area contributed by atoms with Crippen molar-refractivity contribution in [1.82, 2.24) is 4.90 Å². The van der Waals surface area contributed by atoms with Gasteiger partial charge in [-0.2, -0.15) is 8.42 Å². The lowest BCUT2D eigenvalue weighted by Gasteiger charge is -2.36. The van der Waals surface area contributed by atoms with E-state index < -0.39 is 10.1 Å². The van der Waals surface area contributed by atoms with Crippen LogP contribution in [0.2, 0.25) is 0 Å². The van der Waals surface area contributed by atoms with Crippen molar-refractivity contribution in [3.05, 3.63) is 83.9 Å². The molecule has 4 rings (SSSR count). The SMILES string of the molecule is COc1ccc(CCC(=O)N2CCN(c3ccc(OS(=O)(=O)c4ccc(C)cc4)cc3)CC2)cc1. The number of rotatable bonds is 8. The molecule has 3 aromatic carbocycles. The van der Waals surface area contributed by atoms with Gasteiger partial charge in [0.2, 0.25) is 5.91 Å². The fraction of sp³-hybridized carbons (Fsp3) is 0.296. The maximum atomic E-state index is 12.7. The molecule has 0 bridgehead atoms. The number of anilines is 1. The van der Waals surface area contributed by atoms with Gasteiger partial charge in [-0.15, -0.1) is 0 Å². The van der Waals surface area contributed by atoms with Crippen molar-refractivity contribution >= 4 is 21.7 Å². The minimum Gasteiger partial charge on any atom is -0.497 e. The van der Waals surface area contributed by atoms with Crippen LogP contribution in [0.1, 0.15) is 17.5 Å². The Balaban J connectivity index is 1.27. The smallest absolute Gasteiger partial charge is 0.339 e. The van der Waals surface area contributed by atoms with Gasteiger partial charge in [-0.25, -0.2) is 0 Å². The Hall–Kier alpha value is -3.52. The first-order valence-electron chi connectivity index (χ1n) is 11.6. The van der Waals surface area contributed by atoms with Crippen LogP contribution in [0.15, 0.2) is 77.7 Å². The zero-order chi connectivity index (χ0) is 24.8. The maximum Gasteiger partial charge on any atom is 0.339 e.